The maximum absolute atomic E-state index is 5.98. The molecule has 116 valence electrons. The number of rotatable bonds is 4. The van der Waals surface area contributed by atoms with Crippen LogP contribution in [0.1, 0.15) is 0 Å². The van der Waals surface area contributed by atoms with E-state index in [0.717, 1.165) is 3.57 Å². The molecular formula is C18H15IN2O2. The van der Waals surface area contributed by atoms with Crippen molar-refractivity contribution >= 4 is 34.0 Å². The molecule has 0 aliphatic carbocycles. The van der Waals surface area contributed by atoms with Crippen molar-refractivity contribution in [2.24, 2.45) is 0 Å². The topological polar surface area (TPSA) is 70.5 Å². The van der Waals surface area contributed by atoms with Gasteiger partial charge < -0.3 is 20.9 Å². The molecule has 0 aliphatic rings. The molecule has 4 N–H and O–H groups in total. The molecule has 0 amide bonds. The fourth-order valence-electron chi connectivity index (χ4n) is 1.99. The minimum Gasteiger partial charge on any atom is -0.453 e. The van der Waals surface area contributed by atoms with E-state index in [1.165, 1.54) is 0 Å². The first-order chi connectivity index (χ1) is 11.1. The lowest BCUT2D eigenvalue weighted by Gasteiger charge is -2.14. The van der Waals surface area contributed by atoms with Crippen LogP contribution in [0.2, 0.25) is 0 Å². The van der Waals surface area contributed by atoms with Gasteiger partial charge in [-0.05, 0) is 83.3 Å². The molecule has 23 heavy (non-hydrogen) atoms. The Balaban J connectivity index is 1.90. The SMILES string of the molecule is Nc1ccc(Oc2cccc(I)c2Oc2ccc(N)cc2)cc1. The summed E-state index contributed by atoms with van der Waals surface area (Å²) in [4.78, 5) is 0. The number of hydrogen-bond donors (Lipinski definition) is 2. The van der Waals surface area contributed by atoms with E-state index in [0.29, 0.717) is 34.4 Å². The molecule has 0 fully saturated rings. The first-order valence-electron chi connectivity index (χ1n) is 6.97. The van der Waals surface area contributed by atoms with E-state index in [-0.39, 0.29) is 0 Å². The number of ether oxygens (including phenoxy) is 2. The van der Waals surface area contributed by atoms with Crippen molar-refractivity contribution in [2.75, 3.05) is 11.5 Å². The second-order valence-electron chi connectivity index (χ2n) is 4.91. The third kappa shape index (κ3) is 3.87. The maximum Gasteiger partial charge on any atom is 0.183 e. The van der Waals surface area contributed by atoms with Crippen LogP contribution in [0, 0.1) is 3.57 Å². The standard InChI is InChI=1S/C18H15IN2O2/c19-16-2-1-3-17(22-14-8-4-12(20)5-9-14)18(16)23-15-10-6-13(21)7-11-15/h1-11H,20-21H2. The predicted octanol–water partition coefficient (Wildman–Crippen LogP) is 5.04. The fourth-order valence-corrected chi connectivity index (χ4v) is 2.57. The van der Waals surface area contributed by atoms with E-state index in [2.05, 4.69) is 22.6 Å². The largest absolute Gasteiger partial charge is 0.453 e. The van der Waals surface area contributed by atoms with Gasteiger partial charge >= 0.3 is 0 Å². The van der Waals surface area contributed by atoms with E-state index in [4.69, 9.17) is 20.9 Å². The minimum absolute atomic E-state index is 0.637. The number of benzene rings is 3. The number of anilines is 2. The van der Waals surface area contributed by atoms with Gasteiger partial charge in [-0.3, -0.25) is 0 Å². The number of para-hydroxylation sites is 1. The molecule has 0 aliphatic heterocycles. The third-order valence-electron chi connectivity index (χ3n) is 3.14. The predicted molar refractivity (Wildman–Crippen MR) is 101 cm³/mol. The number of nitrogen functional groups attached to an aromatic ring is 2. The highest BCUT2D eigenvalue weighted by molar-refractivity contribution is 14.1. The first-order valence-corrected chi connectivity index (χ1v) is 8.05. The lowest BCUT2D eigenvalue weighted by molar-refractivity contribution is 0.416. The summed E-state index contributed by atoms with van der Waals surface area (Å²) in [5.41, 5.74) is 12.8. The summed E-state index contributed by atoms with van der Waals surface area (Å²) in [5.74, 6) is 2.70. The Morgan fingerprint density at radius 1 is 0.652 bits per heavy atom. The molecular weight excluding hydrogens is 403 g/mol. The summed E-state index contributed by atoms with van der Waals surface area (Å²) in [6, 6.07) is 20.2. The molecule has 3 aromatic carbocycles. The Morgan fingerprint density at radius 3 is 1.74 bits per heavy atom. The Bertz CT molecular complexity index is 802. The van der Waals surface area contributed by atoms with Crippen LogP contribution >= 0.6 is 22.6 Å². The van der Waals surface area contributed by atoms with Gasteiger partial charge in [0.15, 0.2) is 11.5 Å². The Labute approximate surface area is 148 Å². The third-order valence-corrected chi connectivity index (χ3v) is 3.99. The molecule has 0 heterocycles. The number of nitrogens with two attached hydrogens (primary N) is 2. The van der Waals surface area contributed by atoms with Gasteiger partial charge in [-0.2, -0.15) is 0 Å². The van der Waals surface area contributed by atoms with Gasteiger partial charge in [0, 0.05) is 11.4 Å². The van der Waals surface area contributed by atoms with Crippen molar-refractivity contribution in [1.82, 2.24) is 0 Å². The van der Waals surface area contributed by atoms with Crippen molar-refractivity contribution in [3.8, 4) is 23.0 Å². The second kappa shape index (κ2) is 6.78. The van der Waals surface area contributed by atoms with E-state index in [9.17, 15) is 0 Å². The summed E-state index contributed by atoms with van der Waals surface area (Å²) < 4.78 is 12.9. The molecule has 3 rings (SSSR count). The van der Waals surface area contributed by atoms with Gasteiger partial charge in [-0.25, -0.2) is 0 Å². The summed E-state index contributed by atoms with van der Waals surface area (Å²) in [6.07, 6.45) is 0. The van der Waals surface area contributed by atoms with Crippen LogP contribution in [-0.4, -0.2) is 0 Å². The van der Waals surface area contributed by atoms with Crippen LogP contribution < -0.4 is 20.9 Å². The molecule has 4 nitrogen and oxygen atoms in total. The molecule has 0 atom stereocenters. The summed E-state index contributed by atoms with van der Waals surface area (Å²) in [5, 5.41) is 0. The monoisotopic (exact) mass is 418 g/mol. The van der Waals surface area contributed by atoms with Crippen LogP contribution in [0.15, 0.2) is 66.7 Å². The molecule has 0 aromatic heterocycles. The number of halogens is 1. The van der Waals surface area contributed by atoms with Gasteiger partial charge in [-0.1, -0.05) is 6.07 Å². The molecule has 5 heteroatoms. The molecule has 0 radical (unpaired) electrons. The highest BCUT2D eigenvalue weighted by Crippen LogP contribution is 2.38. The Hall–Kier alpha value is -2.41. The van der Waals surface area contributed by atoms with Gasteiger partial charge in [0.05, 0.1) is 3.57 Å². The van der Waals surface area contributed by atoms with E-state index in [1.54, 1.807) is 24.3 Å². The lowest BCUT2D eigenvalue weighted by atomic mass is 10.3. The zero-order valence-corrected chi connectivity index (χ0v) is 14.4. The lowest BCUT2D eigenvalue weighted by Crippen LogP contribution is -1.93. The molecule has 3 aromatic rings. The summed E-state index contributed by atoms with van der Waals surface area (Å²) >= 11 is 2.22. The second-order valence-corrected chi connectivity index (χ2v) is 6.07. The zero-order valence-electron chi connectivity index (χ0n) is 12.2. The zero-order chi connectivity index (χ0) is 16.2. The summed E-state index contributed by atoms with van der Waals surface area (Å²) in [7, 11) is 0. The average Bonchev–Trinajstić information content (AvgIpc) is 2.55. The Kier molecular flexibility index (Phi) is 4.57. The average molecular weight is 418 g/mol. The van der Waals surface area contributed by atoms with Crippen LogP contribution in [0.5, 0.6) is 23.0 Å². The quantitative estimate of drug-likeness (QED) is 0.460. The molecule has 0 unspecified atom stereocenters. The normalized spacial score (nSPS) is 10.3. The highest BCUT2D eigenvalue weighted by Gasteiger charge is 2.11. The van der Waals surface area contributed by atoms with Gasteiger partial charge in [0.1, 0.15) is 11.5 Å². The van der Waals surface area contributed by atoms with Crippen LogP contribution in [-0.2, 0) is 0 Å². The van der Waals surface area contributed by atoms with E-state index in [1.807, 2.05) is 42.5 Å². The van der Waals surface area contributed by atoms with E-state index < -0.39 is 0 Å². The van der Waals surface area contributed by atoms with Crippen LogP contribution in [0.4, 0.5) is 11.4 Å². The first kappa shape index (κ1) is 15.5. The van der Waals surface area contributed by atoms with Crippen LogP contribution in [0.3, 0.4) is 0 Å². The molecule has 0 saturated carbocycles. The van der Waals surface area contributed by atoms with Crippen molar-refractivity contribution in [2.45, 2.75) is 0 Å². The van der Waals surface area contributed by atoms with Crippen molar-refractivity contribution in [3.63, 3.8) is 0 Å². The van der Waals surface area contributed by atoms with Crippen molar-refractivity contribution in [3.05, 3.63) is 70.3 Å². The van der Waals surface area contributed by atoms with Gasteiger partial charge in [-0.15, -0.1) is 0 Å². The summed E-state index contributed by atoms with van der Waals surface area (Å²) in [6.45, 7) is 0. The smallest absolute Gasteiger partial charge is 0.183 e. The number of hydrogen-bond acceptors (Lipinski definition) is 4. The van der Waals surface area contributed by atoms with E-state index >= 15 is 0 Å². The molecule has 0 bridgehead atoms. The van der Waals surface area contributed by atoms with Crippen molar-refractivity contribution in [1.29, 1.82) is 0 Å². The van der Waals surface area contributed by atoms with Gasteiger partial charge in [0.25, 0.3) is 0 Å². The molecule has 0 saturated heterocycles. The van der Waals surface area contributed by atoms with Crippen molar-refractivity contribution < 1.29 is 9.47 Å². The van der Waals surface area contributed by atoms with Gasteiger partial charge in [0.2, 0.25) is 0 Å². The fraction of sp³-hybridized carbons (Fsp3) is 0. The minimum atomic E-state index is 0.637. The van der Waals surface area contributed by atoms with Crippen LogP contribution in [0.25, 0.3) is 0 Å². The molecule has 0 spiro atoms. The Morgan fingerprint density at radius 2 is 1.17 bits per heavy atom. The highest BCUT2D eigenvalue weighted by atomic mass is 127. The maximum atomic E-state index is 5.98.